The van der Waals surface area contributed by atoms with Crippen LogP contribution >= 0.6 is 0 Å². The van der Waals surface area contributed by atoms with E-state index >= 15 is 0 Å². The average molecular weight is 262 g/mol. The summed E-state index contributed by atoms with van der Waals surface area (Å²) in [6.07, 6.45) is 0. The molecule has 100 valence electrons. The summed E-state index contributed by atoms with van der Waals surface area (Å²) >= 11 is 0. The molecule has 0 unspecified atom stereocenters. The number of aromatic nitrogens is 2. The molecule has 0 bridgehead atoms. The van der Waals surface area contributed by atoms with E-state index in [1.165, 1.54) is 11.1 Å². The molecule has 20 heavy (non-hydrogen) atoms. The lowest BCUT2D eigenvalue weighted by molar-refractivity contribution is 0.820. The molecule has 0 radical (unpaired) electrons. The molecule has 2 heteroatoms. The molecule has 3 rings (SSSR count). The van der Waals surface area contributed by atoms with Gasteiger partial charge in [-0.25, -0.2) is 4.98 Å². The van der Waals surface area contributed by atoms with Crippen molar-refractivity contribution in [1.29, 1.82) is 0 Å². The van der Waals surface area contributed by atoms with Gasteiger partial charge in [0.25, 0.3) is 0 Å². The third-order valence-corrected chi connectivity index (χ3v) is 3.47. The van der Waals surface area contributed by atoms with Gasteiger partial charge in [0.2, 0.25) is 0 Å². The van der Waals surface area contributed by atoms with E-state index in [4.69, 9.17) is 4.98 Å². The van der Waals surface area contributed by atoms with Gasteiger partial charge in [0.05, 0.1) is 11.0 Å². The molecule has 0 saturated heterocycles. The number of nitrogens with zero attached hydrogens (tertiary/aromatic N) is 2. The number of para-hydroxylation sites is 2. The lowest BCUT2D eigenvalue weighted by Crippen LogP contribution is -2.02. The highest BCUT2D eigenvalue weighted by Crippen LogP contribution is 2.27. The lowest BCUT2D eigenvalue weighted by Gasteiger charge is -2.10. The first-order valence-electron chi connectivity index (χ1n) is 6.82. The van der Waals surface area contributed by atoms with E-state index in [9.17, 15) is 0 Å². The minimum atomic E-state index is 0.796. The number of hydrogen-bond acceptors (Lipinski definition) is 1. The van der Waals surface area contributed by atoms with E-state index in [2.05, 4.69) is 67.5 Å². The SMILES string of the molecule is C=C(C)Cn1c(-c2ccccc2C)nc2ccccc21. The minimum Gasteiger partial charge on any atom is -0.320 e. The molecular formula is C18H18N2. The fraction of sp³-hybridized carbons (Fsp3) is 0.167. The van der Waals surface area contributed by atoms with Crippen molar-refractivity contribution in [3.05, 3.63) is 66.2 Å². The van der Waals surface area contributed by atoms with Gasteiger partial charge in [0.1, 0.15) is 5.82 Å². The second kappa shape index (κ2) is 4.97. The van der Waals surface area contributed by atoms with Crippen LogP contribution in [0.3, 0.4) is 0 Å². The number of rotatable bonds is 3. The van der Waals surface area contributed by atoms with Crippen LogP contribution in [0.5, 0.6) is 0 Å². The van der Waals surface area contributed by atoms with Crippen molar-refractivity contribution in [1.82, 2.24) is 9.55 Å². The number of fused-ring (bicyclic) bond motifs is 1. The first kappa shape index (κ1) is 12.7. The summed E-state index contributed by atoms with van der Waals surface area (Å²) in [4.78, 5) is 4.82. The van der Waals surface area contributed by atoms with Gasteiger partial charge in [0, 0.05) is 12.1 Å². The Morgan fingerprint density at radius 3 is 2.55 bits per heavy atom. The topological polar surface area (TPSA) is 17.8 Å². The maximum absolute atomic E-state index is 4.82. The second-order valence-corrected chi connectivity index (χ2v) is 5.28. The van der Waals surface area contributed by atoms with Crippen molar-refractivity contribution >= 4 is 11.0 Å². The molecule has 0 N–H and O–H groups in total. The van der Waals surface area contributed by atoms with Gasteiger partial charge in [-0.15, -0.1) is 0 Å². The van der Waals surface area contributed by atoms with E-state index in [-0.39, 0.29) is 0 Å². The third-order valence-electron chi connectivity index (χ3n) is 3.47. The van der Waals surface area contributed by atoms with Crippen molar-refractivity contribution < 1.29 is 0 Å². The molecule has 0 amide bonds. The van der Waals surface area contributed by atoms with Gasteiger partial charge in [-0.2, -0.15) is 0 Å². The molecular weight excluding hydrogens is 244 g/mol. The van der Waals surface area contributed by atoms with Crippen LogP contribution in [0.15, 0.2) is 60.7 Å². The maximum Gasteiger partial charge on any atom is 0.141 e. The van der Waals surface area contributed by atoms with Crippen molar-refractivity contribution in [3.63, 3.8) is 0 Å². The average Bonchev–Trinajstić information content (AvgIpc) is 2.78. The summed E-state index contributed by atoms with van der Waals surface area (Å²) < 4.78 is 2.25. The molecule has 0 aliphatic heterocycles. The smallest absolute Gasteiger partial charge is 0.141 e. The quantitative estimate of drug-likeness (QED) is 0.631. The fourth-order valence-electron chi connectivity index (χ4n) is 2.53. The predicted molar refractivity (Wildman–Crippen MR) is 84.7 cm³/mol. The highest BCUT2D eigenvalue weighted by Gasteiger charge is 2.13. The highest BCUT2D eigenvalue weighted by atomic mass is 15.1. The van der Waals surface area contributed by atoms with E-state index in [1.807, 2.05) is 6.07 Å². The monoisotopic (exact) mass is 262 g/mol. The molecule has 2 nitrogen and oxygen atoms in total. The van der Waals surface area contributed by atoms with Crippen LogP contribution in [0.4, 0.5) is 0 Å². The highest BCUT2D eigenvalue weighted by molar-refractivity contribution is 5.81. The fourth-order valence-corrected chi connectivity index (χ4v) is 2.53. The Bertz CT molecular complexity index is 781. The number of allylic oxidation sites excluding steroid dienone is 1. The summed E-state index contributed by atoms with van der Waals surface area (Å²) in [5.41, 5.74) is 5.75. The van der Waals surface area contributed by atoms with Crippen molar-refractivity contribution in [2.75, 3.05) is 0 Å². The van der Waals surface area contributed by atoms with E-state index < -0.39 is 0 Å². The Kier molecular flexibility index (Phi) is 3.15. The molecule has 0 saturated carbocycles. The maximum atomic E-state index is 4.82. The van der Waals surface area contributed by atoms with E-state index in [0.717, 1.165) is 29.0 Å². The van der Waals surface area contributed by atoms with E-state index in [1.54, 1.807) is 0 Å². The Morgan fingerprint density at radius 2 is 1.80 bits per heavy atom. The molecule has 1 heterocycles. The van der Waals surface area contributed by atoms with E-state index in [0.29, 0.717) is 0 Å². The summed E-state index contributed by atoms with van der Waals surface area (Å²) in [6, 6.07) is 16.6. The Labute approximate surface area is 119 Å². The summed E-state index contributed by atoms with van der Waals surface area (Å²) in [5.74, 6) is 1.02. The van der Waals surface area contributed by atoms with Gasteiger partial charge in [0.15, 0.2) is 0 Å². The van der Waals surface area contributed by atoms with Gasteiger partial charge >= 0.3 is 0 Å². The molecule has 0 aliphatic carbocycles. The summed E-state index contributed by atoms with van der Waals surface area (Å²) in [6.45, 7) is 9.02. The third kappa shape index (κ3) is 2.14. The summed E-state index contributed by atoms with van der Waals surface area (Å²) in [5, 5.41) is 0. The molecule has 0 atom stereocenters. The number of aryl methyl sites for hydroxylation is 1. The molecule has 1 aromatic heterocycles. The zero-order chi connectivity index (χ0) is 14.1. The van der Waals surface area contributed by atoms with Gasteiger partial charge in [-0.05, 0) is 31.5 Å². The van der Waals surface area contributed by atoms with Crippen molar-refractivity contribution in [2.45, 2.75) is 20.4 Å². The first-order chi connectivity index (χ1) is 9.66. The van der Waals surface area contributed by atoms with Crippen LogP contribution in [0.2, 0.25) is 0 Å². The van der Waals surface area contributed by atoms with Crippen LogP contribution < -0.4 is 0 Å². The van der Waals surface area contributed by atoms with Gasteiger partial charge in [-0.3, -0.25) is 0 Å². The first-order valence-corrected chi connectivity index (χ1v) is 6.82. The van der Waals surface area contributed by atoms with Gasteiger partial charge < -0.3 is 4.57 Å². The molecule has 0 spiro atoms. The zero-order valence-electron chi connectivity index (χ0n) is 11.9. The largest absolute Gasteiger partial charge is 0.320 e. The predicted octanol–water partition coefficient (Wildman–Crippen LogP) is 4.59. The molecule has 0 fully saturated rings. The second-order valence-electron chi connectivity index (χ2n) is 5.28. The normalized spacial score (nSPS) is 10.9. The summed E-state index contributed by atoms with van der Waals surface area (Å²) in [7, 11) is 0. The van der Waals surface area contributed by atoms with Crippen LogP contribution in [-0.2, 0) is 6.54 Å². The number of benzene rings is 2. The van der Waals surface area contributed by atoms with Crippen molar-refractivity contribution in [2.24, 2.45) is 0 Å². The van der Waals surface area contributed by atoms with Crippen LogP contribution in [-0.4, -0.2) is 9.55 Å². The minimum absolute atomic E-state index is 0.796. The van der Waals surface area contributed by atoms with Crippen LogP contribution in [0.1, 0.15) is 12.5 Å². The van der Waals surface area contributed by atoms with Crippen LogP contribution in [0, 0.1) is 6.92 Å². The van der Waals surface area contributed by atoms with Crippen LogP contribution in [0.25, 0.3) is 22.4 Å². The molecule has 3 aromatic rings. The Hall–Kier alpha value is -2.35. The lowest BCUT2D eigenvalue weighted by atomic mass is 10.1. The standard InChI is InChI=1S/C18H18N2/c1-13(2)12-20-17-11-7-6-10-16(17)19-18(20)15-9-5-4-8-14(15)3/h4-11H,1,12H2,2-3H3. The number of hydrogen-bond donors (Lipinski definition) is 0. The Morgan fingerprint density at radius 1 is 1.10 bits per heavy atom. The van der Waals surface area contributed by atoms with Crippen molar-refractivity contribution in [3.8, 4) is 11.4 Å². The molecule has 2 aromatic carbocycles. The van der Waals surface area contributed by atoms with Gasteiger partial charge in [-0.1, -0.05) is 48.6 Å². The Balaban J connectivity index is 2.29. The number of imidazole rings is 1. The molecule has 0 aliphatic rings. The zero-order valence-corrected chi connectivity index (χ0v) is 11.9.